The number of hydrogen-bond donors (Lipinski definition) is 2. The van der Waals surface area contributed by atoms with E-state index in [1.54, 1.807) is 6.21 Å². The molecule has 2 N–H and O–H groups in total. The van der Waals surface area contributed by atoms with Crippen molar-refractivity contribution in [3.8, 4) is 5.75 Å². The van der Waals surface area contributed by atoms with Crippen molar-refractivity contribution in [2.45, 2.75) is 38.6 Å². The largest absolute Gasteiger partial charge is 0.505 e. The Bertz CT molecular complexity index is 695. The molecule has 0 radical (unpaired) electrons. The Morgan fingerprint density at radius 2 is 2.14 bits per heavy atom. The first-order valence-corrected chi connectivity index (χ1v) is 8.47. The van der Waals surface area contributed by atoms with E-state index in [1.165, 1.54) is 19.3 Å². The fourth-order valence-electron chi connectivity index (χ4n) is 3.01. The van der Waals surface area contributed by atoms with Crippen molar-refractivity contribution in [2.24, 2.45) is 10.9 Å². The quantitative estimate of drug-likeness (QED) is 0.694. The molecule has 1 aromatic heterocycles. The van der Waals surface area contributed by atoms with Gasteiger partial charge in [-0.05, 0) is 46.8 Å². The van der Waals surface area contributed by atoms with E-state index in [4.69, 9.17) is 11.6 Å². The van der Waals surface area contributed by atoms with Crippen LogP contribution in [0.15, 0.2) is 21.6 Å². The predicted molar refractivity (Wildman–Crippen MR) is 91.7 cm³/mol. The van der Waals surface area contributed by atoms with Crippen molar-refractivity contribution >= 4 is 44.6 Å². The van der Waals surface area contributed by atoms with Crippen LogP contribution < -0.4 is 0 Å². The summed E-state index contributed by atoms with van der Waals surface area (Å²) in [6.07, 6.45) is 6.66. The lowest BCUT2D eigenvalue weighted by molar-refractivity contribution is 0.333. The first kappa shape index (κ1) is 14.9. The second-order valence-electron chi connectivity index (χ2n) is 5.78. The monoisotopic (exact) mass is 368 g/mol. The number of hydrogen-bond acceptors (Lipinski definition) is 2. The molecule has 112 valence electrons. The molecule has 0 spiro atoms. The van der Waals surface area contributed by atoms with Gasteiger partial charge in [0.15, 0.2) is 5.75 Å². The maximum atomic E-state index is 10.4. The third kappa shape index (κ3) is 2.84. The number of aromatic amines is 1. The Morgan fingerprint density at radius 1 is 1.38 bits per heavy atom. The minimum atomic E-state index is 0.170. The molecule has 0 saturated heterocycles. The Hall–Kier alpha value is -1.00. The van der Waals surface area contributed by atoms with Gasteiger partial charge in [0, 0.05) is 10.7 Å². The molecular formula is C16H18BrClN2O. The Labute approximate surface area is 137 Å². The predicted octanol–water partition coefficient (Wildman–Crippen LogP) is 5.29. The highest BCUT2D eigenvalue weighted by Gasteiger charge is 2.20. The smallest absolute Gasteiger partial charge is 0.151 e. The molecular weight excluding hydrogens is 352 g/mol. The molecule has 1 aromatic carbocycles. The van der Waals surface area contributed by atoms with Crippen LogP contribution in [0.4, 0.5) is 0 Å². The van der Waals surface area contributed by atoms with Crippen molar-refractivity contribution < 1.29 is 5.11 Å². The normalized spacial score (nSPS) is 23.2. The van der Waals surface area contributed by atoms with Gasteiger partial charge in [-0.2, -0.15) is 0 Å². The molecule has 1 saturated carbocycles. The van der Waals surface area contributed by atoms with E-state index in [1.807, 2.05) is 12.1 Å². The van der Waals surface area contributed by atoms with Crippen molar-refractivity contribution in [1.82, 2.24) is 4.98 Å². The first-order chi connectivity index (χ1) is 10.1. The van der Waals surface area contributed by atoms with Gasteiger partial charge in [0.05, 0.1) is 27.7 Å². The van der Waals surface area contributed by atoms with Crippen LogP contribution in [0.1, 0.15) is 38.3 Å². The maximum Gasteiger partial charge on any atom is 0.151 e. The molecule has 0 aliphatic heterocycles. The van der Waals surface area contributed by atoms with E-state index < -0.39 is 0 Å². The van der Waals surface area contributed by atoms with E-state index in [-0.39, 0.29) is 5.75 Å². The number of aromatic nitrogens is 1. The molecule has 0 bridgehead atoms. The van der Waals surface area contributed by atoms with Crippen molar-refractivity contribution in [3.05, 3.63) is 27.3 Å². The summed E-state index contributed by atoms with van der Waals surface area (Å²) in [7, 11) is 0. The number of aliphatic imine (C=N–C) groups is 1. The third-order valence-corrected chi connectivity index (χ3v) is 5.60. The Balaban J connectivity index is 1.94. The van der Waals surface area contributed by atoms with Crippen LogP contribution in [0, 0.1) is 5.92 Å². The van der Waals surface area contributed by atoms with Crippen LogP contribution in [0.5, 0.6) is 5.75 Å². The number of fused-ring (bicyclic) bond motifs is 1. The van der Waals surface area contributed by atoms with E-state index in [0.29, 0.717) is 28.1 Å². The van der Waals surface area contributed by atoms with Crippen LogP contribution in [0.2, 0.25) is 5.02 Å². The van der Waals surface area contributed by atoms with Gasteiger partial charge >= 0.3 is 0 Å². The second kappa shape index (κ2) is 6.01. The highest BCUT2D eigenvalue weighted by atomic mass is 79.9. The highest BCUT2D eigenvalue weighted by molar-refractivity contribution is 9.10. The molecule has 3 nitrogen and oxygen atoms in total. The van der Waals surface area contributed by atoms with Crippen LogP contribution in [0.25, 0.3) is 10.9 Å². The molecule has 2 atom stereocenters. The summed E-state index contributed by atoms with van der Waals surface area (Å²) in [5.41, 5.74) is 1.45. The zero-order valence-electron chi connectivity index (χ0n) is 11.9. The zero-order valence-corrected chi connectivity index (χ0v) is 14.2. The molecule has 1 aliphatic carbocycles. The minimum absolute atomic E-state index is 0.170. The molecule has 0 amide bonds. The van der Waals surface area contributed by atoms with Crippen molar-refractivity contribution in [2.75, 3.05) is 0 Å². The number of halogens is 2. The fourth-order valence-corrected chi connectivity index (χ4v) is 3.59. The third-order valence-electron chi connectivity index (χ3n) is 4.32. The van der Waals surface area contributed by atoms with Gasteiger partial charge in [-0.15, -0.1) is 0 Å². The van der Waals surface area contributed by atoms with Gasteiger partial charge < -0.3 is 10.1 Å². The summed E-state index contributed by atoms with van der Waals surface area (Å²) in [5, 5.41) is 11.5. The summed E-state index contributed by atoms with van der Waals surface area (Å²) in [6.45, 7) is 2.25. The SMILES string of the molecule is C[C@@H]1CCCC[C@@H]1N=Cc1[nH]c2ccc(Br)c(Cl)c2c1O. The summed E-state index contributed by atoms with van der Waals surface area (Å²) >= 11 is 9.62. The van der Waals surface area contributed by atoms with Crippen LogP contribution in [0.3, 0.4) is 0 Å². The topological polar surface area (TPSA) is 48.4 Å². The van der Waals surface area contributed by atoms with Gasteiger partial charge in [-0.3, -0.25) is 4.99 Å². The average molecular weight is 370 g/mol. The van der Waals surface area contributed by atoms with Gasteiger partial charge in [0.1, 0.15) is 0 Å². The van der Waals surface area contributed by atoms with Gasteiger partial charge in [0.2, 0.25) is 0 Å². The molecule has 1 fully saturated rings. The van der Waals surface area contributed by atoms with Crippen LogP contribution >= 0.6 is 27.5 Å². The summed E-state index contributed by atoms with van der Waals surface area (Å²) in [5.74, 6) is 0.780. The number of benzene rings is 1. The second-order valence-corrected chi connectivity index (χ2v) is 7.01. The van der Waals surface area contributed by atoms with Crippen LogP contribution in [-0.2, 0) is 0 Å². The lowest BCUT2D eigenvalue weighted by Crippen LogP contribution is -2.20. The Morgan fingerprint density at radius 3 is 2.90 bits per heavy atom. The molecule has 1 aliphatic rings. The first-order valence-electron chi connectivity index (χ1n) is 7.29. The minimum Gasteiger partial charge on any atom is -0.505 e. The zero-order chi connectivity index (χ0) is 15.0. The Kier molecular flexibility index (Phi) is 4.27. The standard InChI is InChI=1S/C16H18BrClN2O/c1-9-4-2-3-5-11(9)19-8-13-16(21)14-12(20-13)7-6-10(17)15(14)18/h6-9,11,20-21H,2-5H2,1H3/t9-,11+/m1/s1. The molecule has 0 unspecified atom stereocenters. The van der Waals surface area contributed by atoms with Gasteiger partial charge in [-0.25, -0.2) is 0 Å². The lowest BCUT2D eigenvalue weighted by Gasteiger charge is -2.25. The lowest BCUT2D eigenvalue weighted by atomic mass is 9.86. The molecule has 21 heavy (non-hydrogen) atoms. The molecule has 2 aromatic rings. The number of rotatable bonds is 2. The van der Waals surface area contributed by atoms with E-state index in [0.717, 1.165) is 16.4 Å². The van der Waals surface area contributed by atoms with Gasteiger partial charge in [-0.1, -0.05) is 31.4 Å². The van der Waals surface area contributed by atoms with E-state index in [2.05, 4.69) is 32.8 Å². The van der Waals surface area contributed by atoms with E-state index >= 15 is 0 Å². The summed E-state index contributed by atoms with van der Waals surface area (Å²) in [6, 6.07) is 4.11. The summed E-state index contributed by atoms with van der Waals surface area (Å²) in [4.78, 5) is 7.85. The highest BCUT2D eigenvalue weighted by Crippen LogP contribution is 2.38. The maximum absolute atomic E-state index is 10.4. The molecule has 5 heteroatoms. The molecule has 3 rings (SSSR count). The van der Waals surface area contributed by atoms with Crippen molar-refractivity contribution in [3.63, 3.8) is 0 Å². The molecule has 1 heterocycles. The number of H-pyrrole nitrogens is 1. The van der Waals surface area contributed by atoms with Crippen molar-refractivity contribution in [1.29, 1.82) is 0 Å². The summed E-state index contributed by atoms with van der Waals surface area (Å²) < 4.78 is 0.773. The number of aromatic hydroxyl groups is 1. The average Bonchev–Trinajstić information content (AvgIpc) is 2.79. The fraction of sp³-hybridized carbons (Fsp3) is 0.438. The van der Waals surface area contributed by atoms with Gasteiger partial charge in [0.25, 0.3) is 0 Å². The number of nitrogens with zero attached hydrogens (tertiary/aromatic N) is 1. The van der Waals surface area contributed by atoms with E-state index in [9.17, 15) is 5.11 Å². The van der Waals surface area contributed by atoms with Crippen LogP contribution in [-0.4, -0.2) is 22.3 Å². The number of nitrogens with one attached hydrogen (secondary N) is 1.